The van der Waals surface area contributed by atoms with Crippen molar-refractivity contribution < 1.29 is 49.2 Å². The molecular weight excluding hydrogens is 408 g/mol. The van der Waals surface area contributed by atoms with Gasteiger partial charge in [-0.05, 0) is 0 Å². The molecule has 0 spiro atoms. The number of hydrogen-bond donors (Lipinski definition) is 3. The molecule has 1 aliphatic carbocycles. The highest BCUT2D eigenvalue weighted by molar-refractivity contribution is 7.80. The van der Waals surface area contributed by atoms with Crippen LogP contribution in [0.15, 0.2) is 0 Å². The Balaban J connectivity index is 1.69. The first-order chi connectivity index (χ1) is 12.2. The molecule has 3 rings (SSSR count). The molecule has 2 bridgehead atoms. The summed E-state index contributed by atoms with van der Waals surface area (Å²) in [5.74, 6) is -11.2. The Labute approximate surface area is 148 Å². The highest BCUT2D eigenvalue weighted by Gasteiger charge is 2.63. The van der Waals surface area contributed by atoms with Crippen LogP contribution in [0.4, 0.5) is 22.4 Å². The smallest absolute Gasteiger partial charge is 0.308 e. The van der Waals surface area contributed by atoms with Gasteiger partial charge in [-0.2, -0.15) is 13.5 Å². The Morgan fingerprint density at radius 3 is 2.19 bits per heavy atom. The van der Waals surface area contributed by atoms with E-state index >= 15 is 0 Å². The third kappa shape index (κ3) is 3.63. The Bertz CT molecular complexity index is 807. The molecule has 0 aromatic carbocycles. The third-order valence-corrected chi connectivity index (χ3v) is 4.69. The number of nitrogens with zero attached hydrogens (tertiary/aromatic N) is 2. The zero-order valence-corrected chi connectivity index (χ0v) is 13.9. The predicted octanol–water partition coefficient (Wildman–Crippen LogP) is -0.963. The molecule has 0 radical (unpaired) electrons. The van der Waals surface area contributed by atoms with E-state index in [1.165, 1.54) is 0 Å². The second-order valence-corrected chi connectivity index (χ2v) is 7.26. The Morgan fingerprint density at radius 1 is 1.11 bits per heavy atom. The summed E-state index contributed by atoms with van der Waals surface area (Å²) < 4.78 is 87.9. The minimum Gasteiger partial charge on any atom is -0.308 e. The first-order valence-corrected chi connectivity index (χ1v) is 8.71. The van der Waals surface area contributed by atoms with Crippen LogP contribution in [0.25, 0.3) is 0 Å². The summed E-state index contributed by atoms with van der Waals surface area (Å²) >= 11 is 0. The number of halogens is 4. The number of piperidine rings is 1. The number of hydrogen-bond acceptors (Lipinski definition) is 6. The third-order valence-electron chi connectivity index (χ3n) is 4.34. The molecule has 0 aromatic rings. The Hall–Kier alpha value is -2.20. The summed E-state index contributed by atoms with van der Waals surface area (Å²) in [6, 6.07) is -5.37. The van der Waals surface area contributed by atoms with Gasteiger partial charge in [0.2, 0.25) is 5.91 Å². The van der Waals surface area contributed by atoms with E-state index in [9.17, 15) is 40.4 Å². The van der Waals surface area contributed by atoms with Gasteiger partial charge < -0.3 is 4.90 Å². The van der Waals surface area contributed by atoms with E-state index in [1.807, 2.05) is 0 Å². The fourth-order valence-corrected chi connectivity index (χ4v) is 3.25. The van der Waals surface area contributed by atoms with Crippen molar-refractivity contribution in [2.45, 2.75) is 36.8 Å². The number of hydrazine groups is 1. The van der Waals surface area contributed by atoms with Crippen molar-refractivity contribution in [3.63, 3.8) is 0 Å². The fraction of sp³-hybridized carbons (Fsp3) is 0.727. The maximum absolute atomic E-state index is 14.2. The zero-order chi connectivity index (χ0) is 20.4. The van der Waals surface area contributed by atoms with Gasteiger partial charge in [0.05, 0.1) is 6.54 Å². The van der Waals surface area contributed by atoms with Gasteiger partial charge in [-0.15, -0.1) is 4.28 Å². The molecule has 1 saturated carbocycles. The second kappa shape index (κ2) is 5.90. The molecule has 16 heteroatoms. The molecule has 11 nitrogen and oxygen atoms in total. The molecule has 3 N–H and O–H groups in total. The average Bonchev–Trinajstić information content (AvgIpc) is 3.06. The first kappa shape index (κ1) is 19.6. The summed E-state index contributed by atoms with van der Waals surface area (Å²) in [7, 11) is -5.29. The van der Waals surface area contributed by atoms with Crippen molar-refractivity contribution in [3.05, 3.63) is 0 Å². The minimum atomic E-state index is -5.29. The fourth-order valence-electron chi connectivity index (χ4n) is 2.88. The van der Waals surface area contributed by atoms with E-state index in [4.69, 9.17) is 4.55 Å². The number of hydroxylamine groups is 2. The molecule has 3 aliphatic rings. The lowest BCUT2D eigenvalue weighted by Crippen LogP contribution is -2.58. The monoisotopic (exact) mass is 420 g/mol. The largest absolute Gasteiger partial charge is 0.418 e. The Kier molecular flexibility index (Phi) is 4.27. The van der Waals surface area contributed by atoms with Gasteiger partial charge in [0, 0.05) is 12.8 Å². The standard InChI is InChI=1S/C11H12F4N4O7S/c12-10(13)1-4(10)7(20)16-17-8(21)5-2-11(14,15)6-3-18(5)9(22)19(6)26-27(23,24)25/h4-6H,1-3H2,(H,16,20)(H,17,21)(H,23,24,25). The van der Waals surface area contributed by atoms with E-state index in [-0.39, 0.29) is 5.06 Å². The van der Waals surface area contributed by atoms with Gasteiger partial charge in [0.25, 0.3) is 17.8 Å². The van der Waals surface area contributed by atoms with Crippen LogP contribution in [0.2, 0.25) is 0 Å². The summed E-state index contributed by atoms with van der Waals surface area (Å²) in [4.78, 5) is 36.1. The molecule has 152 valence electrons. The summed E-state index contributed by atoms with van der Waals surface area (Å²) in [6.45, 7) is -0.811. The SMILES string of the molecule is O=C(NNC(=O)C1CC1(F)F)C1CC(F)(F)C2CN1C(=O)N2OS(=O)(=O)O. The van der Waals surface area contributed by atoms with Crippen LogP contribution in [0.3, 0.4) is 0 Å². The zero-order valence-electron chi connectivity index (χ0n) is 13.1. The van der Waals surface area contributed by atoms with E-state index < -0.39 is 77.5 Å². The average molecular weight is 420 g/mol. The topological polar surface area (TPSA) is 145 Å². The maximum Gasteiger partial charge on any atom is 0.418 e. The summed E-state index contributed by atoms with van der Waals surface area (Å²) in [5, 5.41) is -0.258. The number of amides is 4. The van der Waals surface area contributed by atoms with Crippen LogP contribution in [-0.4, -0.2) is 71.3 Å². The van der Waals surface area contributed by atoms with Crippen molar-refractivity contribution in [1.29, 1.82) is 0 Å². The number of urea groups is 1. The lowest BCUT2D eigenvalue weighted by atomic mass is 9.96. The van der Waals surface area contributed by atoms with Crippen molar-refractivity contribution in [2.75, 3.05) is 6.54 Å². The number of fused-ring (bicyclic) bond motifs is 2. The molecule has 3 unspecified atom stereocenters. The minimum absolute atomic E-state index is 0.258. The van der Waals surface area contributed by atoms with Crippen molar-refractivity contribution in [2.24, 2.45) is 5.92 Å². The van der Waals surface area contributed by atoms with Gasteiger partial charge in [-0.25, -0.2) is 22.4 Å². The van der Waals surface area contributed by atoms with E-state index in [1.54, 1.807) is 10.9 Å². The first-order valence-electron chi connectivity index (χ1n) is 7.35. The molecule has 2 aliphatic heterocycles. The lowest BCUT2D eigenvalue weighted by Gasteiger charge is -2.34. The van der Waals surface area contributed by atoms with Crippen molar-refractivity contribution >= 4 is 28.2 Å². The summed E-state index contributed by atoms with van der Waals surface area (Å²) in [5.41, 5.74) is 3.35. The van der Waals surface area contributed by atoms with Gasteiger partial charge in [-0.1, -0.05) is 0 Å². The second-order valence-electron chi connectivity index (χ2n) is 6.26. The van der Waals surface area contributed by atoms with Crippen LogP contribution < -0.4 is 10.9 Å². The van der Waals surface area contributed by atoms with Crippen LogP contribution >= 0.6 is 0 Å². The molecular formula is C11H12F4N4O7S. The van der Waals surface area contributed by atoms with E-state index in [2.05, 4.69) is 4.28 Å². The van der Waals surface area contributed by atoms with Gasteiger partial charge in [0.15, 0.2) is 0 Å². The highest BCUT2D eigenvalue weighted by atomic mass is 32.3. The van der Waals surface area contributed by atoms with Crippen LogP contribution in [0, 0.1) is 5.92 Å². The predicted molar refractivity (Wildman–Crippen MR) is 73.1 cm³/mol. The number of alkyl halides is 4. The molecule has 2 saturated heterocycles. The molecule has 4 amide bonds. The summed E-state index contributed by atoms with van der Waals surface area (Å²) in [6.07, 6.45) is -1.97. The van der Waals surface area contributed by atoms with E-state index in [0.717, 1.165) is 0 Å². The van der Waals surface area contributed by atoms with Gasteiger partial charge in [-0.3, -0.25) is 25.0 Å². The van der Waals surface area contributed by atoms with Crippen LogP contribution in [-0.2, 0) is 24.3 Å². The maximum atomic E-state index is 14.2. The molecule has 2 heterocycles. The van der Waals surface area contributed by atoms with Crippen LogP contribution in [0.5, 0.6) is 0 Å². The molecule has 0 aromatic heterocycles. The number of carbonyl (C=O) groups excluding carboxylic acids is 3. The van der Waals surface area contributed by atoms with E-state index in [0.29, 0.717) is 4.90 Å². The normalized spacial score (nSPS) is 30.9. The number of carbonyl (C=O) groups is 3. The molecule has 27 heavy (non-hydrogen) atoms. The van der Waals surface area contributed by atoms with Gasteiger partial charge >= 0.3 is 16.4 Å². The van der Waals surface area contributed by atoms with Crippen molar-refractivity contribution in [1.82, 2.24) is 20.8 Å². The van der Waals surface area contributed by atoms with Crippen LogP contribution in [0.1, 0.15) is 12.8 Å². The lowest BCUT2D eigenvalue weighted by molar-refractivity contribution is -0.154. The quantitative estimate of drug-likeness (QED) is 0.302. The molecule has 3 atom stereocenters. The highest BCUT2D eigenvalue weighted by Crippen LogP contribution is 2.48. The number of rotatable bonds is 4. The molecule has 3 fully saturated rings. The number of nitrogens with one attached hydrogen (secondary N) is 2. The Morgan fingerprint density at radius 2 is 1.67 bits per heavy atom. The van der Waals surface area contributed by atoms with Gasteiger partial charge in [0.1, 0.15) is 18.0 Å². The van der Waals surface area contributed by atoms with Crippen molar-refractivity contribution in [3.8, 4) is 0 Å².